The molecule has 106 valence electrons. The van der Waals surface area contributed by atoms with Gasteiger partial charge in [0.1, 0.15) is 17.3 Å². The lowest BCUT2D eigenvalue weighted by Gasteiger charge is -2.10. The Labute approximate surface area is 133 Å². The van der Waals surface area contributed by atoms with Crippen molar-refractivity contribution in [2.75, 3.05) is 12.4 Å². The summed E-state index contributed by atoms with van der Waals surface area (Å²) in [5.41, 5.74) is 1.08. The molecule has 1 aromatic carbocycles. The maximum atomic E-state index is 12.4. The van der Waals surface area contributed by atoms with Crippen LogP contribution in [0.15, 0.2) is 31.6 Å². The SMILES string of the molecule is COc1ccc(Br)cc1NC(=O)c1c(C)oc(C)c1Br. The van der Waals surface area contributed by atoms with E-state index < -0.39 is 0 Å². The monoisotopic (exact) mass is 401 g/mol. The maximum Gasteiger partial charge on any atom is 0.260 e. The molecule has 0 atom stereocenters. The first-order valence-electron chi connectivity index (χ1n) is 5.84. The molecule has 0 fully saturated rings. The first-order valence-corrected chi connectivity index (χ1v) is 7.43. The summed E-state index contributed by atoms with van der Waals surface area (Å²) in [5.74, 6) is 1.59. The Bertz CT molecular complexity index is 665. The molecule has 0 aliphatic heterocycles. The lowest BCUT2D eigenvalue weighted by Crippen LogP contribution is -2.13. The Kier molecular flexibility index (Phi) is 4.55. The van der Waals surface area contributed by atoms with Crippen LogP contribution in [0.5, 0.6) is 5.75 Å². The molecule has 0 radical (unpaired) electrons. The fraction of sp³-hybridized carbons (Fsp3) is 0.214. The number of furan rings is 1. The molecule has 4 nitrogen and oxygen atoms in total. The Morgan fingerprint density at radius 1 is 1.25 bits per heavy atom. The third-order valence-electron chi connectivity index (χ3n) is 2.82. The van der Waals surface area contributed by atoms with Crippen molar-refractivity contribution >= 4 is 43.5 Å². The number of ether oxygens (including phenoxy) is 1. The highest BCUT2D eigenvalue weighted by Crippen LogP contribution is 2.31. The van der Waals surface area contributed by atoms with E-state index >= 15 is 0 Å². The van der Waals surface area contributed by atoms with Crippen molar-refractivity contribution in [2.45, 2.75) is 13.8 Å². The zero-order valence-electron chi connectivity index (χ0n) is 11.2. The third-order valence-corrected chi connectivity index (χ3v) is 4.27. The quantitative estimate of drug-likeness (QED) is 0.810. The van der Waals surface area contributed by atoms with Crippen molar-refractivity contribution in [3.63, 3.8) is 0 Å². The van der Waals surface area contributed by atoms with Crippen LogP contribution < -0.4 is 10.1 Å². The van der Waals surface area contributed by atoms with Gasteiger partial charge in [0.15, 0.2) is 0 Å². The Morgan fingerprint density at radius 2 is 1.95 bits per heavy atom. The smallest absolute Gasteiger partial charge is 0.260 e. The van der Waals surface area contributed by atoms with Gasteiger partial charge in [-0.15, -0.1) is 0 Å². The molecule has 2 rings (SSSR count). The number of anilines is 1. The number of hydrogen-bond acceptors (Lipinski definition) is 3. The molecule has 1 amide bonds. The average molecular weight is 403 g/mol. The highest BCUT2D eigenvalue weighted by Gasteiger charge is 2.20. The van der Waals surface area contributed by atoms with Gasteiger partial charge in [0, 0.05) is 4.47 Å². The molecule has 0 unspecified atom stereocenters. The molecular weight excluding hydrogens is 390 g/mol. The molecule has 2 aromatic rings. The molecular formula is C14H13Br2NO3. The normalized spacial score (nSPS) is 10.4. The van der Waals surface area contributed by atoms with E-state index in [-0.39, 0.29) is 5.91 Å². The van der Waals surface area contributed by atoms with Crippen LogP contribution in [0.4, 0.5) is 5.69 Å². The number of carbonyl (C=O) groups is 1. The predicted octanol–water partition coefficient (Wildman–Crippen LogP) is 4.68. The van der Waals surface area contributed by atoms with Crippen molar-refractivity contribution in [3.8, 4) is 5.75 Å². The van der Waals surface area contributed by atoms with Gasteiger partial charge in [-0.2, -0.15) is 0 Å². The summed E-state index contributed by atoms with van der Waals surface area (Å²) in [6, 6.07) is 5.41. The van der Waals surface area contributed by atoms with Crippen molar-refractivity contribution < 1.29 is 13.9 Å². The lowest BCUT2D eigenvalue weighted by atomic mass is 10.2. The number of hydrogen-bond donors (Lipinski definition) is 1. The van der Waals surface area contributed by atoms with Gasteiger partial charge in [0.2, 0.25) is 0 Å². The first-order chi connectivity index (χ1) is 9.43. The number of amides is 1. The molecule has 6 heteroatoms. The number of methoxy groups -OCH3 is 1. The summed E-state index contributed by atoms with van der Waals surface area (Å²) in [6.45, 7) is 3.55. The van der Waals surface area contributed by atoms with E-state index in [0.29, 0.717) is 33.0 Å². The van der Waals surface area contributed by atoms with Crippen molar-refractivity contribution in [1.82, 2.24) is 0 Å². The average Bonchev–Trinajstić information content (AvgIpc) is 2.63. The molecule has 1 aromatic heterocycles. The van der Waals surface area contributed by atoms with E-state index in [0.717, 1.165) is 4.47 Å². The molecule has 1 N–H and O–H groups in total. The Balaban J connectivity index is 2.35. The van der Waals surface area contributed by atoms with E-state index in [1.54, 1.807) is 33.1 Å². The number of aryl methyl sites for hydroxylation is 2. The molecule has 0 aliphatic carbocycles. The minimum atomic E-state index is -0.248. The van der Waals surface area contributed by atoms with E-state index in [9.17, 15) is 4.79 Å². The molecule has 1 heterocycles. The van der Waals surface area contributed by atoms with E-state index in [2.05, 4.69) is 37.2 Å². The van der Waals surface area contributed by atoms with E-state index in [1.807, 2.05) is 6.07 Å². The van der Waals surface area contributed by atoms with Gasteiger partial charge in [-0.05, 0) is 48.0 Å². The number of benzene rings is 1. The lowest BCUT2D eigenvalue weighted by molar-refractivity contribution is 0.102. The van der Waals surface area contributed by atoms with Gasteiger partial charge >= 0.3 is 0 Å². The molecule has 0 saturated carbocycles. The van der Waals surface area contributed by atoms with Gasteiger partial charge in [0.05, 0.1) is 22.8 Å². The second-order valence-electron chi connectivity index (χ2n) is 4.20. The van der Waals surface area contributed by atoms with Gasteiger partial charge in [-0.3, -0.25) is 4.79 Å². The zero-order chi connectivity index (χ0) is 14.9. The van der Waals surface area contributed by atoms with Crippen LogP contribution >= 0.6 is 31.9 Å². The highest BCUT2D eigenvalue weighted by atomic mass is 79.9. The summed E-state index contributed by atoms with van der Waals surface area (Å²) in [4.78, 5) is 12.4. The largest absolute Gasteiger partial charge is 0.495 e. The van der Waals surface area contributed by atoms with Gasteiger partial charge in [-0.25, -0.2) is 0 Å². The van der Waals surface area contributed by atoms with Gasteiger partial charge in [0.25, 0.3) is 5.91 Å². The Hall–Kier alpha value is -1.27. The van der Waals surface area contributed by atoms with Crippen LogP contribution in [0.1, 0.15) is 21.9 Å². The second kappa shape index (κ2) is 6.01. The van der Waals surface area contributed by atoms with Gasteiger partial charge < -0.3 is 14.5 Å². The molecule has 0 spiro atoms. The minimum Gasteiger partial charge on any atom is -0.495 e. The van der Waals surface area contributed by atoms with Crippen LogP contribution in [-0.4, -0.2) is 13.0 Å². The number of rotatable bonds is 3. The summed E-state index contributed by atoms with van der Waals surface area (Å²) >= 11 is 6.74. The molecule has 0 aliphatic rings. The maximum absolute atomic E-state index is 12.4. The standard InChI is InChI=1S/C14H13Br2NO3/c1-7-12(13(16)8(2)20-7)14(18)17-10-6-9(15)4-5-11(10)19-3/h4-6H,1-3H3,(H,17,18). The number of halogens is 2. The second-order valence-corrected chi connectivity index (χ2v) is 5.91. The highest BCUT2D eigenvalue weighted by molar-refractivity contribution is 9.10. The van der Waals surface area contributed by atoms with Crippen molar-refractivity contribution in [3.05, 3.63) is 44.2 Å². The van der Waals surface area contributed by atoms with Crippen molar-refractivity contribution in [1.29, 1.82) is 0 Å². The third kappa shape index (κ3) is 2.91. The summed E-state index contributed by atoms with van der Waals surface area (Å²) in [5, 5.41) is 2.83. The fourth-order valence-electron chi connectivity index (χ4n) is 1.88. The zero-order valence-corrected chi connectivity index (χ0v) is 14.4. The minimum absolute atomic E-state index is 0.248. The summed E-state index contributed by atoms with van der Waals surface area (Å²) in [7, 11) is 1.56. The van der Waals surface area contributed by atoms with Gasteiger partial charge in [-0.1, -0.05) is 15.9 Å². The van der Waals surface area contributed by atoms with Crippen LogP contribution in [0, 0.1) is 13.8 Å². The number of carbonyl (C=O) groups excluding carboxylic acids is 1. The van der Waals surface area contributed by atoms with Crippen LogP contribution in [0.25, 0.3) is 0 Å². The first kappa shape index (κ1) is 15.1. The summed E-state index contributed by atoms with van der Waals surface area (Å²) in [6.07, 6.45) is 0. The molecule has 0 saturated heterocycles. The van der Waals surface area contributed by atoms with Crippen LogP contribution in [0.3, 0.4) is 0 Å². The van der Waals surface area contributed by atoms with Crippen LogP contribution in [-0.2, 0) is 0 Å². The number of nitrogens with one attached hydrogen (secondary N) is 1. The predicted molar refractivity (Wildman–Crippen MR) is 84.5 cm³/mol. The van der Waals surface area contributed by atoms with Crippen LogP contribution in [0.2, 0.25) is 0 Å². The molecule has 0 bridgehead atoms. The Morgan fingerprint density at radius 3 is 2.50 bits per heavy atom. The van der Waals surface area contributed by atoms with E-state index in [4.69, 9.17) is 9.15 Å². The summed E-state index contributed by atoms with van der Waals surface area (Å²) < 4.78 is 12.2. The fourth-order valence-corrected chi connectivity index (χ4v) is 2.78. The molecule has 20 heavy (non-hydrogen) atoms. The van der Waals surface area contributed by atoms with Crippen molar-refractivity contribution in [2.24, 2.45) is 0 Å². The topological polar surface area (TPSA) is 51.5 Å². The van der Waals surface area contributed by atoms with E-state index in [1.165, 1.54) is 0 Å².